The third-order valence-electron chi connectivity index (χ3n) is 8.29. The highest BCUT2D eigenvalue weighted by Crippen LogP contribution is 2.48. The van der Waals surface area contributed by atoms with Gasteiger partial charge in [-0.25, -0.2) is 0 Å². The number of thioether (sulfide) groups is 1. The quantitative estimate of drug-likeness (QED) is 0.331. The van der Waals surface area contributed by atoms with Gasteiger partial charge in [0.1, 0.15) is 25.1 Å². The standard InChI is InChI=1S/C33H27N3O4S/c37-26-13-14-35-31(32(26)40-17-21-7-2-1-3-8-21)33(38)34-16-23-15-24(23)18-39-27-11-6-9-22-19-41-28-12-5-4-10-25(28)30(29(22)27)36(35)20-34/h1-14,18,23,30H,15-17,19-20H2/b24-18-/t23-,30-/m1/s1. The Labute approximate surface area is 241 Å². The molecule has 0 saturated heterocycles. The maximum absolute atomic E-state index is 14.2. The van der Waals surface area contributed by atoms with Crippen LogP contribution in [-0.4, -0.2) is 28.7 Å². The van der Waals surface area contributed by atoms with Crippen LogP contribution in [0.4, 0.5) is 0 Å². The molecule has 3 aromatic carbocycles. The topological polar surface area (TPSA) is 64.0 Å². The van der Waals surface area contributed by atoms with Gasteiger partial charge in [0, 0.05) is 40.9 Å². The van der Waals surface area contributed by atoms with Crippen molar-refractivity contribution in [2.75, 3.05) is 18.2 Å². The molecule has 8 heteroatoms. The van der Waals surface area contributed by atoms with Crippen LogP contribution in [0.2, 0.25) is 0 Å². The van der Waals surface area contributed by atoms with Crippen LogP contribution in [0.5, 0.6) is 11.5 Å². The van der Waals surface area contributed by atoms with E-state index in [1.807, 2.05) is 64.0 Å². The van der Waals surface area contributed by atoms with Crippen LogP contribution >= 0.6 is 11.8 Å². The SMILES string of the molecule is O=C1c2c(OCc3ccccc3)c(=O)ccn2N2CN1C[C@H]1C/C1=C/Oc1cccc3c1[C@H]2c1ccccc1SC3. The van der Waals surface area contributed by atoms with Crippen LogP contribution in [0.1, 0.15) is 45.2 Å². The summed E-state index contributed by atoms with van der Waals surface area (Å²) in [5, 5.41) is 2.19. The van der Waals surface area contributed by atoms with Crippen LogP contribution in [0.3, 0.4) is 0 Å². The third-order valence-corrected chi connectivity index (χ3v) is 9.43. The van der Waals surface area contributed by atoms with E-state index >= 15 is 0 Å². The Morgan fingerprint density at radius 1 is 0.951 bits per heavy atom. The lowest BCUT2D eigenvalue weighted by Gasteiger charge is -2.44. The van der Waals surface area contributed by atoms with Gasteiger partial charge in [-0.05, 0) is 40.8 Å². The second kappa shape index (κ2) is 9.59. The highest BCUT2D eigenvalue weighted by molar-refractivity contribution is 7.98. The Kier molecular flexibility index (Phi) is 5.70. The molecule has 204 valence electrons. The number of carbonyl (C=O) groups is 1. The minimum atomic E-state index is -0.306. The van der Waals surface area contributed by atoms with Crippen molar-refractivity contribution in [3.63, 3.8) is 0 Å². The number of pyridine rings is 1. The average molecular weight is 562 g/mol. The number of benzene rings is 3. The fourth-order valence-electron chi connectivity index (χ4n) is 6.14. The number of amides is 1. The Balaban J connectivity index is 1.35. The molecule has 4 aliphatic rings. The molecule has 1 amide bonds. The molecule has 41 heavy (non-hydrogen) atoms. The predicted octanol–water partition coefficient (Wildman–Crippen LogP) is 5.47. The molecule has 0 spiro atoms. The van der Waals surface area contributed by atoms with E-state index in [0.717, 1.165) is 34.6 Å². The van der Waals surface area contributed by atoms with E-state index in [-0.39, 0.29) is 41.3 Å². The van der Waals surface area contributed by atoms with Crippen molar-refractivity contribution in [2.45, 2.75) is 29.7 Å². The summed E-state index contributed by atoms with van der Waals surface area (Å²) >= 11 is 1.81. The zero-order valence-corrected chi connectivity index (χ0v) is 23.0. The molecular weight excluding hydrogens is 534 g/mol. The van der Waals surface area contributed by atoms with Crippen molar-refractivity contribution in [3.8, 4) is 11.5 Å². The van der Waals surface area contributed by atoms with Gasteiger partial charge in [0.25, 0.3) is 5.91 Å². The van der Waals surface area contributed by atoms with Crippen molar-refractivity contribution < 1.29 is 14.3 Å². The number of hydrogen-bond acceptors (Lipinski definition) is 6. The monoisotopic (exact) mass is 561 g/mol. The van der Waals surface area contributed by atoms with Gasteiger partial charge >= 0.3 is 0 Å². The first-order valence-electron chi connectivity index (χ1n) is 13.8. The molecule has 3 aliphatic heterocycles. The second-order valence-electron chi connectivity index (χ2n) is 10.9. The van der Waals surface area contributed by atoms with Crippen LogP contribution < -0.4 is 19.9 Å². The normalized spacial score (nSPS) is 21.5. The molecule has 0 radical (unpaired) electrons. The van der Waals surface area contributed by atoms with E-state index in [1.165, 1.54) is 22.1 Å². The van der Waals surface area contributed by atoms with E-state index < -0.39 is 0 Å². The average Bonchev–Trinajstić information content (AvgIpc) is 3.77. The molecular formula is C33H27N3O4S. The summed E-state index contributed by atoms with van der Waals surface area (Å²) in [7, 11) is 0. The first-order valence-corrected chi connectivity index (χ1v) is 14.8. The summed E-state index contributed by atoms with van der Waals surface area (Å²) in [6.07, 6.45) is 4.48. The summed E-state index contributed by atoms with van der Waals surface area (Å²) in [6, 6.07) is 25.6. The predicted molar refractivity (Wildman–Crippen MR) is 157 cm³/mol. The van der Waals surface area contributed by atoms with Crippen molar-refractivity contribution in [2.24, 2.45) is 5.92 Å². The van der Waals surface area contributed by atoms with E-state index in [2.05, 4.69) is 41.4 Å². The number of carbonyl (C=O) groups excluding carboxylic acids is 1. The fourth-order valence-corrected chi connectivity index (χ4v) is 7.22. The second-order valence-corrected chi connectivity index (χ2v) is 11.9. The molecule has 1 saturated carbocycles. The molecule has 2 atom stereocenters. The smallest absolute Gasteiger partial charge is 0.277 e. The Hall–Kier alpha value is -4.43. The van der Waals surface area contributed by atoms with E-state index in [9.17, 15) is 9.59 Å². The van der Waals surface area contributed by atoms with Gasteiger partial charge < -0.3 is 14.4 Å². The molecule has 0 unspecified atom stereocenters. The Morgan fingerprint density at radius 2 is 1.80 bits per heavy atom. The molecule has 0 N–H and O–H groups in total. The highest BCUT2D eigenvalue weighted by Gasteiger charge is 2.43. The lowest BCUT2D eigenvalue weighted by molar-refractivity contribution is 0.0669. The molecule has 1 fully saturated rings. The third kappa shape index (κ3) is 4.13. The number of nitrogens with zero attached hydrogens (tertiary/aromatic N) is 3. The zero-order chi connectivity index (χ0) is 27.5. The van der Waals surface area contributed by atoms with Crippen LogP contribution in [0.15, 0.2) is 107 Å². The van der Waals surface area contributed by atoms with Crippen molar-refractivity contribution in [3.05, 3.63) is 135 Å². The van der Waals surface area contributed by atoms with Crippen molar-refractivity contribution in [1.82, 2.24) is 9.58 Å². The number of aromatic nitrogens is 1. The first-order chi connectivity index (χ1) is 20.2. The number of ether oxygens (including phenoxy) is 2. The van der Waals surface area contributed by atoms with Gasteiger partial charge in [-0.3, -0.25) is 19.3 Å². The fraction of sp³-hybridized carbons (Fsp3) is 0.212. The highest BCUT2D eigenvalue weighted by atomic mass is 32.2. The van der Waals surface area contributed by atoms with Gasteiger partial charge in [-0.1, -0.05) is 60.7 Å². The first kappa shape index (κ1) is 24.4. The molecule has 4 heterocycles. The summed E-state index contributed by atoms with van der Waals surface area (Å²) in [6.45, 7) is 1.12. The van der Waals surface area contributed by atoms with E-state index in [1.54, 1.807) is 6.20 Å². The van der Waals surface area contributed by atoms with Gasteiger partial charge in [0.2, 0.25) is 5.43 Å². The number of rotatable bonds is 3. The van der Waals surface area contributed by atoms with E-state index in [4.69, 9.17) is 9.47 Å². The largest absolute Gasteiger partial charge is 0.482 e. The molecule has 2 bridgehead atoms. The van der Waals surface area contributed by atoms with Crippen molar-refractivity contribution >= 4 is 17.7 Å². The molecule has 1 aromatic heterocycles. The summed E-state index contributed by atoms with van der Waals surface area (Å²) in [4.78, 5) is 30.5. The van der Waals surface area contributed by atoms with Gasteiger partial charge in [0.15, 0.2) is 11.4 Å². The van der Waals surface area contributed by atoms with Crippen LogP contribution in [0, 0.1) is 5.92 Å². The van der Waals surface area contributed by atoms with Crippen LogP contribution in [-0.2, 0) is 12.4 Å². The summed E-state index contributed by atoms with van der Waals surface area (Å²) in [5.74, 6) is 1.74. The molecule has 7 nitrogen and oxygen atoms in total. The van der Waals surface area contributed by atoms with Gasteiger partial charge in [0.05, 0.1) is 6.26 Å². The lowest BCUT2D eigenvalue weighted by atomic mass is 9.93. The van der Waals surface area contributed by atoms with E-state index in [0.29, 0.717) is 13.2 Å². The maximum Gasteiger partial charge on any atom is 0.277 e. The molecule has 8 rings (SSSR count). The molecule has 4 aromatic rings. The van der Waals surface area contributed by atoms with Crippen molar-refractivity contribution in [1.29, 1.82) is 0 Å². The number of fused-ring (bicyclic) bond motifs is 8. The Bertz CT molecular complexity index is 1780. The minimum Gasteiger partial charge on any atom is -0.482 e. The number of hydrogen-bond donors (Lipinski definition) is 0. The lowest BCUT2D eigenvalue weighted by Crippen LogP contribution is -2.56. The Morgan fingerprint density at radius 3 is 2.71 bits per heavy atom. The molecule has 1 aliphatic carbocycles. The van der Waals surface area contributed by atoms with Gasteiger partial charge in [-0.15, -0.1) is 11.8 Å². The summed E-state index contributed by atoms with van der Waals surface area (Å²) in [5.41, 5.74) is 5.47. The zero-order valence-electron chi connectivity index (χ0n) is 22.2. The minimum absolute atomic E-state index is 0.0820. The maximum atomic E-state index is 14.2. The van der Waals surface area contributed by atoms with Gasteiger partial charge in [-0.2, -0.15) is 0 Å². The van der Waals surface area contributed by atoms with Crippen LogP contribution in [0.25, 0.3) is 0 Å². The summed E-state index contributed by atoms with van der Waals surface area (Å²) < 4.78 is 14.4.